The van der Waals surface area contributed by atoms with Crippen molar-refractivity contribution in [3.05, 3.63) is 35.9 Å². The van der Waals surface area contributed by atoms with E-state index < -0.39 is 53.6 Å². The fraction of sp³-hybridized carbons (Fsp3) is 0.389. The molecule has 164 valence electrons. The number of thioether (sulfide) groups is 1. The van der Waals surface area contributed by atoms with Crippen LogP contribution in [0.3, 0.4) is 0 Å². The van der Waals surface area contributed by atoms with Gasteiger partial charge in [0.25, 0.3) is 0 Å². The van der Waals surface area contributed by atoms with Gasteiger partial charge in [0.1, 0.15) is 23.9 Å². The summed E-state index contributed by atoms with van der Waals surface area (Å²) in [7, 11) is 0. The lowest BCUT2D eigenvalue weighted by Crippen LogP contribution is -2.49. The summed E-state index contributed by atoms with van der Waals surface area (Å²) in [4.78, 5) is 57.4. The number of nitrogens with two attached hydrogens (primary N) is 1. The number of amides is 2. The number of benzene rings is 1. The van der Waals surface area contributed by atoms with E-state index >= 15 is 0 Å². The van der Waals surface area contributed by atoms with Gasteiger partial charge in [-0.05, 0) is 12.0 Å². The lowest BCUT2D eigenvalue weighted by atomic mass is 10.1. The third-order valence-electron chi connectivity index (χ3n) is 3.82. The van der Waals surface area contributed by atoms with Gasteiger partial charge in [-0.2, -0.15) is 0 Å². The van der Waals surface area contributed by atoms with E-state index in [9.17, 15) is 29.1 Å². The van der Waals surface area contributed by atoms with Gasteiger partial charge in [0.15, 0.2) is 0 Å². The molecule has 0 bridgehead atoms. The van der Waals surface area contributed by atoms with E-state index in [-0.39, 0.29) is 18.6 Å². The Kier molecular flexibility index (Phi) is 10.3. The maximum Gasteiger partial charge on any atom is 0.322 e. The number of carboxylic acid groups (broad SMARTS) is 3. The van der Waals surface area contributed by atoms with E-state index in [1.54, 1.807) is 30.3 Å². The average Bonchev–Trinajstić information content (AvgIpc) is 2.69. The lowest BCUT2D eigenvalue weighted by Gasteiger charge is -2.20. The van der Waals surface area contributed by atoms with Crippen molar-refractivity contribution >= 4 is 41.5 Å². The summed E-state index contributed by atoms with van der Waals surface area (Å²) >= 11 is 0.883. The molecule has 12 heteroatoms. The number of hydrogen-bond donors (Lipinski definition) is 6. The molecule has 0 radical (unpaired) electrons. The van der Waals surface area contributed by atoms with E-state index in [1.807, 2.05) is 0 Å². The Morgan fingerprint density at radius 1 is 1.00 bits per heavy atom. The van der Waals surface area contributed by atoms with Gasteiger partial charge in [-0.15, -0.1) is 11.8 Å². The Morgan fingerprint density at radius 2 is 1.63 bits per heavy atom. The van der Waals surface area contributed by atoms with Crippen molar-refractivity contribution in [2.45, 2.75) is 30.2 Å². The second kappa shape index (κ2) is 12.4. The van der Waals surface area contributed by atoms with E-state index in [1.165, 1.54) is 0 Å². The monoisotopic (exact) mass is 441 g/mol. The molecule has 1 aromatic rings. The zero-order valence-electron chi connectivity index (χ0n) is 15.8. The molecule has 0 aliphatic rings. The van der Waals surface area contributed by atoms with E-state index in [2.05, 4.69) is 10.6 Å². The number of nitrogens with one attached hydrogen (secondary N) is 2. The summed E-state index contributed by atoms with van der Waals surface area (Å²) in [6.45, 7) is -0.680. The molecule has 0 heterocycles. The average molecular weight is 441 g/mol. The fourth-order valence-electron chi connectivity index (χ4n) is 2.28. The molecule has 0 aliphatic carbocycles. The van der Waals surface area contributed by atoms with Gasteiger partial charge < -0.3 is 31.7 Å². The number of hydrogen-bond acceptors (Lipinski definition) is 7. The van der Waals surface area contributed by atoms with Crippen LogP contribution in [0.2, 0.25) is 0 Å². The lowest BCUT2D eigenvalue weighted by molar-refractivity contribution is -0.139. The largest absolute Gasteiger partial charge is 0.480 e. The zero-order chi connectivity index (χ0) is 22.7. The minimum Gasteiger partial charge on any atom is -0.480 e. The van der Waals surface area contributed by atoms with Crippen molar-refractivity contribution < 1.29 is 39.3 Å². The highest BCUT2D eigenvalue weighted by Crippen LogP contribution is 2.29. The van der Waals surface area contributed by atoms with Crippen LogP contribution < -0.4 is 16.4 Å². The number of aliphatic carboxylic acids is 3. The van der Waals surface area contributed by atoms with Crippen LogP contribution in [0.15, 0.2) is 30.3 Å². The van der Waals surface area contributed by atoms with E-state index in [4.69, 9.17) is 15.9 Å². The zero-order valence-corrected chi connectivity index (χ0v) is 16.6. The maximum absolute atomic E-state index is 12.3. The van der Waals surface area contributed by atoms with Crippen LogP contribution in [0, 0.1) is 0 Å². The molecule has 30 heavy (non-hydrogen) atoms. The van der Waals surface area contributed by atoms with Crippen molar-refractivity contribution in [1.29, 1.82) is 0 Å². The topological polar surface area (TPSA) is 196 Å². The van der Waals surface area contributed by atoms with Crippen LogP contribution >= 0.6 is 11.8 Å². The van der Waals surface area contributed by atoms with Gasteiger partial charge in [-0.1, -0.05) is 30.3 Å². The van der Waals surface area contributed by atoms with Crippen molar-refractivity contribution in [3.63, 3.8) is 0 Å². The highest BCUT2D eigenvalue weighted by Gasteiger charge is 2.27. The van der Waals surface area contributed by atoms with Gasteiger partial charge in [0.05, 0.1) is 0 Å². The van der Waals surface area contributed by atoms with Gasteiger partial charge >= 0.3 is 17.9 Å². The number of rotatable bonds is 13. The third-order valence-corrected chi connectivity index (χ3v) is 5.15. The summed E-state index contributed by atoms with van der Waals surface area (Å²) in [6.07, 6.45) is -0.443. The smallest absolute Gasteiger partial charge is 0.322 e. The first-order chi connectivity index (χ1) is 14.1. The Bertz CT molecular complexity index is 774. The van der Waals surface area contributed by atoms with E-state index in [0.717, 1.165) is 11.8 Å². The molecule has 0 aliphatic heterocycles. The normalized spacial score (nSPS) is 13.5. The minimum atomic E-state index is -1.29. The second-order valence-electron chi connectivity index (χ2n) is 6.18. The van der Waals surface area contributed by atoms with Crippen LogP contribution in [0.4, 0.5) is 0 Å². The van der Waals surface area contributed by atoms with E-state index in [0.29, 0.717) is 5.56 Å². The summed E-state index contributed by atoms with van der Waals surface area (Å²) in [5.74, 6) is -5.35. The molecule has 0 fully saturated rings. The molecule has 2 amide bonds. The molecule has 1 aromatic carbocycles. The molecule has 0 aromatic heterocycles. The third kappa shape index (κ3) is 8.92. The Hall–Kier alpha value is -3.12. The molecule has 1 rings (SSSR count). The van der Waals surface area contributed by atoms with Crippen molar-refractivity contribution in [3.8, 4) is 0 Å². The van der Waals surface area contributed by atoms with Crippen LogP contribution in [0.1, 0.15) is 23.7 Å². The van der Waals surface area contributed by atoms with Crippen LogP contribution in [0.25, 0.3) is 0 Å². The standard InChI is InChI=1S/C18H23N3O8S/c19-11(17(26)27)6-7-13(22)21-12(16(25)20-8-14(23)24)9-30-15(18(28)29)10-4-2-1-3-5-10/h1-5,11-12,15H,6-9,19H2,(H,20,25)(H,21,22)(H,23,24)(H,26,27)(H,28,29). The summed E-state index contributed by atoms with van der Waals surface area (Å²) in [5.41, 5.74) is 5.82. The summed E-state index contributed by atoms with van der Waals surface area (Å²) < 4.78 is 0. The van der Waals surface area contributed by atoms with Crippen molar-refractivity contribution in [2.75, 3.05) is 12.3 Å². The highest BCUT2D eigenvalue weighted by atomic mass is 32.2. The molecular weight excluding hydrogens is 418 g/mol. The second-order valence-corrected chi connectivity index (χ2v) is 7.32. The molecule has 11 nitrogen and oxygen atoms in total. The Morgan fingerprint density at radius 3 is 2.17 bits per heavy atom. The summed E-state index contributed by atoms with van der Waals surface area (Å²) in [5, 5.41) is 30.4. The van der Waals surface area contributed by atoms with Crippen molar-refractivity contribution in [1.82, 2.24) is 10.6 Å². The molecular formula is C18H23N3O8S. The predicted octanol–water partition coefficient (Wildman–Crippen LogP) is -0.577. The van der Waals surface area contributed by atoms with Crippen LogP contribution in [-0.4, -0.2) is 69.4 Å². The first-order valence-corrected chi connectivity index (χ1v) is 9.83. The fourth-order valence-corrected chi connectivity index (χ4v) is 3.39. The van der Waals surface area contributed by atoms with Crippen molar-refractivity contribution in [2.24, 2.45) is 5.73 Å². The SMILES string of the molecule is NC(CCC(=O)NC(CSC(C(=O)O)c1ccccc1)C(=O)NCC(=O)O)C(=O)O. The minimum absolute atomic E-state index is 0.159. The first kappa shape index (κ1) is 24.9. The van der Waals surface area contributed by atoms with Crippen LogP contribution in [-0.2, 0) is 24.0 Å². The van der Waals surface area contributed by atoms with Crippen LogP contribution in [0.5, 0.6) is 0 Å². The highest BCUT2D eigenvalue weighted by molar-refractivity contribution is 8.00. The van der Waals surface area contributed by atoms with Gasteiger partial charge in [-0.25, -0.2) is 0 Å². The molecule has 3 atom stereocenters. The molecule has 0 saturated carbocycles. The number of carbonyl (C=O) groups excluding carboxylic acids is 2. The quantitative estimate of drug-likeness (QED) is 0.230. The van der Waals surface area contributed by atoms with Gasteiger partial charge in [0, 0.05) is 12.2 Å². The first-order valence-electron chi connectivity index (χ1n) is 8.78. The molecule has 3 unspecified atom stereocenters. The van der Waals surface area contributed by atoms with Gasteiger partial charge in [-0.3, -0.25) is 24.0 Å². The Labute approximate surface area is 176 Å². The summed E-state index contributed by atoms with van der Waals surface area (Å²) in [6, 6.07) is 5.78. The molecule has 0 saturated heterocycles. The molecule has 0 spiro atoms. The Balaban J connectivity index is 2.82. The molecule has 7 N–H and O–H groups in total. The van der Waals surface area contributed by atoms with Gasteiger partial charge in [0.2, 0.25) is 11.8 Å². The maximum atomic E-state index is 12.3. The number of carbonyl (C=O) groups is 5. The predicted molar refractivity (Wildman–Crippen MR) is 107 cm³/mol. The number of carboxylic acids is 3.